The normalized spacial score (nSPS) is 12.3. The number of aromatic hydroxyl groups is 1. The number of nitrogens with two attached hydrogens (primary N) is 1. The summed E-state index contributed by atoms with van der Waals surface area (Å²) in [7, 11) is 0. The average Bonchev–Trinajstić information content (AvgIpc) is 2.33. The van der Waals surface area contributed by atoms with Crippen LogP contribution >= 0.6 is 0 Å². The Labute approximate surface area is 102 Å². The van der Waals surface area contributed by atoms with Crippen molar-refractivity contribution in [1.29, 1.82) is 0 Å². The van der Waals surface area contributed by atoms with Gasteiger partial charge in [0.25, 0.3) is 0 Å². The van der Waals surface area contributed by atoms with Gasteiger partial charge in [0.15, 0.2) is 0 Å². The number of hydrogen-bond donors (Lipinski definition) is 2. The van der Waals surface area contributed by atoms with Crippen molar-refractivity contribution < 1.29 is 5.11 Å². The number of nitrogen functional groups attached to an aromatic ring is 1. The molecule has 2 rings (SSSR count). The van der Waals surface area contributed by atoms with E-state index in [1.807, 2.05) is 24.3 Å². The van der Waals surface area contributed by atoms with Crippen molar-refractivity contribution in [2.24, 2.45) is 0 Å². The topological polar surface area (TPSA) is 46.2 Å². The molecule has 88 valence electrons. The SMILES string of the molecule is CC(Cc1ccc(O)cc1)c1ccc(N)cc1. The third-order valence-corrected chi connectivity index (χ3v) is 2.98. The molecule has 0 saturated heterocycles. The zero-order valence-corrected chi connectivity index (χ0v) is 9.93. The first-order valence-corrected chi connectivity index (χ1v) is 5.78. The van der Waals surface area contributed by atoms with Crippen LogP contribution in [0.25, 0.3) is 0 Å². The Morgan fingerprint density at radius 1 is 1.00 bits per heavy atom. The summed E-state index contributed by atoms with van der Waals surface area (Å²) >= 11 is 0. The van der Waals surface area contributed by atoms with Gasteiger partial charge in [-0.15, -0.1) is 0 Å². The van der Waals surface area contributed by atoms with Crippen molar-refractivity contribution in [2.75, 3.05) is 5.73 Å². The highest BCUT2D eigenvalue weighted by atomic mass is 16.3. The Hall–Kier alpha value is -1.96. The summed E-state index contributed by atoms with van der Waals surface area (Å²) in [5.74, 6) is 0.758. The van der Waals surface area contributed by atoms with Crippen LogP contribution in [0.3, 0.4) is 0 Å². The van der Waals surface area contributed by atoms with E-state index >= 15 is 0 Å². The monoisotopic (exact) mass is 227 g/mol. The van der Waals surface area contributed by atoms with Gasteiger partial charge in [0.1, 0.15) is 5.75 Å². The average molecular weight is 227 g/mol. The van der Waals surface area contributed by atoms with E-state index < -0.39 is 0 Å². The maximum absolute atomic E-state index is 9.22. The molecule has 0 amide bonds. The molecule has 2 aromatic rings. The predicted molar refractivity (Wildman–Crippen MR) is 71.1 cm³/mol. The summed E-state index contributed by atoms with van der Waals surface area (Å²) in [6, 6.07) is 15.4. The summed E-state index contributed by atoms with van der Waals surface area (Å²) in [6.45, 7) is 2.19. The van der Waals surface area contributed by atoms with Crippen LogP contribution in [0.15, 0.2) is 48.5 Å². The summed E-state index contributed by atoms with van der Waals surface area (Å²) in [4.78, 5) is 0. The first-order valence-electron chi connectivity index (χ1n) is 5.78. The number of anilines is 1. The summed E-state index contributed by atoms with van der Waals surface area (Å²) in [6.07, 6.45) is 0.962. The van der Waals surface area contributed by atoms with E-state index in [0.717, 1.165) is 12.1 Å². The first-order chi connectivity index (χ1) is 8.15. The molecule has 0 aliphatic rings. The van der Waals surface area contributed by atoms with E-state index in [9.17, 15) is 5.11 Å². The molecule has 0 aromatic heterocycles. The number of phenolic OH excluding ortho intramolecular Hbond substituents is 1. The number of phenols is 1. The molecular formula is C15H17NO. The van der Waals surface area contributed by atoms with E-state index in [2.05, 4.69) is 19.1 Å². The lowest BCUT2D eigenvalue weighted by Crippen LogP contribution is -1.98. The molecule has 17 heavy (non-hydrogen) atoms. The molecule has 2 nitrogen and oxygen atoms in total. The lowest BCUT2D eigenvalue weighted by molar-refractivity contribution is 0.475. The highest BCUT2D eigenvalue weighted by Gasteiger charge is 2.06. The van der Waals surface area contributed by atoms with E-state index in [1.165, 1.54) is 11.1 Å². The highest BCUT2D eigenvalue weighted by Crippen LogP contribution is 2.22. The van der Waals surface area contributed by atoms with Crippen LogP contribution in [0.4, 0.5) is 5.69 Å². The molecule has 0 heterocycles. The van der Waals surface area contributed by atoms with Gasteiger partial charge in [-0.1, -0.05) is 31.2 Å². The Bertz CT molecular complexity index is 473. The van der Waals surface area contributed by atoms with E-state index in [-0.39, 0.29) is 0 Å². The molecule has 0 spiro atoms. The van der Waals surface area contributed by atoms with Gasteiger partial charge in [0, 0.05) is 5.69 Å². The second kappa shape index (κ2) is 4.91. The lowest BCUT2D eigenvalue weighted by Gasteiger charge is -2.12. The van der Waals surface area contributed by atoms with E-state index in [1.54, 1.807) is 12.1 Å². The second-order valence-corrected chi connectivity index (χ2v) is 4.44. The van der Waals surface area contributed by atoms with Crippen molar-refractivity contribution >= 4 is 5.69 Å². The minimum atomic E-state index is 0.314. The lowest BCUT2D eigenvalue weighted by atomic mass is 9.93. The molecule has 1 unspecified atom stereocenters. The molecule has 2 heteroatoms. The number of rotatable bonds is 3. The highest BCUT2D eigenvalue weighted by molar-refractivity contribution is 5.40. The van der Waals surface area contributed by atoms with Crippen LogP contribution in [0.1, 0.15) is 24.0 Å². The van der Waals surface area contributed by atoms with Crippen LogP contribution in [-0.2, 0) is 6.42 Å². The molecule has 0 saturated carbocycles. The molecule has 3 N–H and O–H groups in total. The van der Waals surface area contributed by atoms with Crippen LogP contribution in [0.2, 0.25) is 0 Å². The maximum atomic E-state index is 9.22. The largest absolute Gasteiger partial charge is 0.508 e. The Morgan fingerprint density at radius 3 is 2.18 bits per heavy atom. The maximum Gasteiger partial charge on any atom is 0.115 e. The van der Waals surface area contributed by atoms with Crippen molar-refractivity contribution in [1.82, 2.24) is 0 Å². The second-order valence-electron chi connectivity index (χ2n) is 4.44. The van der Waals surface area contributed by atoms with Crippen LogP contribution in [-0.4, -0.2) is 5.11 Å². The Kier molecular flexibility index (Phi) is 3.33. The quantitative estimate of drug-likeness (QED) is 0.790. The fourth-order valence-electron chi connectivity index (χ4n) is 1.93. The number of benzene rings is 2. The molecule has 2 aromatic carbocycles. The summed E-state index contributed by atoms with van der Waals surface area (Å²) < 4.78 is 0. The summed E-state index contributed by atoms with van der Waals surface area (Å²) in [5, 5.41) is 9.22. The molecule has 0 fully saturated rings. The molecular weight excluding hydrogens is 210 g/mol. The molecule has 0 bridgehead atoms. The van der Waals surface area contributed by atoms with Gasteiger partial charge >= 0.3 is 0 Å². The molecule has 0 aliphatic carbocycles. The van der Waals surface area contributed by atoms with Gasteiger partial charge in [-0.05, 0) is 47.7 Å². The molecule has 1 atom stereocenters. The minimum absolute atomic E-state index is 0.314. The molecule has 0 aliphatic heterocycles. The van der Waals surface area contributed by atoms with Crippen LogP contribution in [0, 0.1) is 0 Å². The smallest absolute Gasteiger partial charge is 0.115 e. The van der Waals surface area contributed by atoms with Crippen molar-refractivity contribution in [3.05, 3.63) is 59.7 Å². The first kappa shape index (κ1) is 11.5. The predicted octanol–water partition coefficient (Wildman–Crippen LogP) is 3.32. The fourth-order valence-corrected chi connectivity index (χ4v) is 1.93. The van der Waals surface area contributed by atoms with Crippen molar-refractivity contribution in [3.63, 3.8) is 0 Å². The van der Waals surface area contributed by atoms with Gasteiger partial charge < -0.3 is 10.8 Å². The standard InChI is InChI=1S/C15H17NO/c1-11(13-4-6-14(16)7-5-13)10-12-2-8-15(17)9-3-12/h2-9,11,17H,10,16H2,1H3. The summed E-state index contributed by atoms with van der Waals surface area (Å²) in [5.41, 5.74) is 8.98. The third-order valence-electron chi connectivity index (χ3n) is 2.98. The fraction of sp³-hybridized carbons (Fsp3) is 0.200. The van der Waals surface area contributed by atoms with Gasteiger partial charge in [-0.3, -0.25) is 0 Å². The van der Waals surface area contributed by atoms with Crippen LogP contribution < -0.4 is 5.73 Å². The Balaban J connectivity index is 2.08. The van der Waals surface area contributed by atoms with Crippen molar-refractivity contribution in [3.8, 4) is 5.75 Å². The van der Waals surface area contributed by atoms with E-state index in [4.69, 9.17) is 5.73 Å². The zero-order valence-electron chi connectivity index (χ0n) is 9.93. The van der Waals surface area contributed by atoms with Gasteiger partial charge in [-0.25, -0.2) is 0 Å². The minimum Gasteiger partial charge on any atom is -0.508 e. The van der Waals surface area contributed by atoms with E-state index in [0.29, 0.717) is 11.7 Å². The molecule has 0 radical (unpaired) electrons. The Morgan fingerprint density at radius 2 is 1.59 bits per heavy atom. The van der Waals surface area contributed by atoms with Crippen LogP contribution in [0.5, 0.6) is 5.75 Å². The third kappa shape index (κ3) is 3.00. The van der Waals surface area contributed by atoms with Gasteiger partial charge in [0.05, 0.1) is 0 Å². The van der Waals surface area contributed by atoms with Gasteiger partial charge in [-0.2, -0.15) is 0 Å². The zero-order chi connectivity index (χ0) is 12.3. The number of hydrogen-bond acceptors (Lipinski definition) is 2. The van der Waals surface area contributed by atoms with Crippen molar-refractivity contribution in [2.45, 2.75) is 19.3 Å². The van der Waals surface area contributed by atoms with Gasteiger partial charge in [0.2, 0.25) is 0 Å².